The molecule has 1 N–H and O–H groups in total. The Bertz CT molecular complexity index is 628. The highest BCUT2D eigenvalue weighted by Gasteiger charge is 2.18. The van der Waals surface area contributed by atoms with Crippen LogP contribution in [0, 0.1) is 18.6 Å². The quantitative estimate of drug-likeness (QED) is 0.905. The van der Waals surface area contributed by atoms with Gasteiger partial charge in [0.2, 0.25) is 0 Å². The molecule has 2 aromatic rings. The van der Waals surface area contributed by atoms with Crippen LogP contribution in [0.15, 0.2) is 36.4 Å². The molecule has 0 aliphatic rings. The lowest BCUT2D eigenvalue weighted by Gasteiger charge is -2.19. The Hall–Kier alpha value is -1.94. The summed E-state index contributed by atoms with van der Waals surface area (Å²) in [6, 6.07) is 9.77. The largest absolute Gasteiger partial charge is 0.496 e. The second kappa shape index (κ2) is 6.68. The number of nitrogens with one attached hydrogen (secondary N) is 1. The van der Waals surface area contributed by atoms with Gasteiger partial charge in [0.15, 0.2) is 11.6 Å². The van der Waals surface area contributed by atoms with Crippen molar-refractivity contribution in [2.45, 2.75) is 19.4 Å². The number of likely N-dealkylation sites (N-methyl/N-ethyl adjacent to an activating group) is 1. The normalized spacial score (nSPS) is 12.2. The minimum absolute atomic E-state index is 0.320. The molecule has 112 valence electrons. The van der Waals surface area contributed by atoms with Gasteiger partial charge in [-0.1, -0.05) is 29.8 Å². The molecule has 2 nitrogen and oxygen atoms in total. The van der Waals surface area contributed by atoms with Crippen LogP contribution >= 0.6 is 0 Å². The molecule has 2 rings (SSSR count). The van der Waals surface area contributed by atoms with Crippen molar-refractivity contribution in [3.63, 3.8) is 0 Å². The molecule has 1 unspecified atom stereocenters. The van der Waals surface area contributed by atoms with Gasteiger partial charge in [0.25, 0.3) is 0 Å². The van der Waals surface area contributed by atoms with Gasteiger partial charge < -0.3 is 10.1 Å². The minimum Gasteiger partial charge on any atom is -0.496 e. The Labute approximate surface area is 123 Å². The molecule has 0 bridgehead atoms. The van der Waals surface area contributed by atoms with Crippen LogP contribution in [0.3, 0.4) is 0 Å². The van der Waals surface area contributed by atoms with Crippen molar-refractivity contribution in [3.8, 4) is 5.75 Å². The topological polar surface area (TPSA) is 21.3 Å². The molecule has 0 aromatic heterocycles. The summed E-state index contributed by atoms with van der Waals surface area (Å²) in [7, 11) is 3.34. The predicted octanol–water partition coefficient (Wildman–Crippen LogP) is 3.79. The maximum absolute atomic E-state index is 14.0. The first-order chi connectivity index (χ1) is 10.1. The smallest absolute Gasteiger partial charge is 0.163 e. The molecule has 0 amide bonds. The highest BCUT2D eigenvalue weighted by atomic mass is 19.2. The molecule has 0 aliphatic carbocycles. The van der Waals surface area contributed by atoms with E-state index in [1.807, 2.05) is 25.1 Å². The van der Waals surface area contributed by atoms with Crippen LogP contribution in [0.1, 0.15) is 22.7 Å². The van der Waals surface area contributed by atoms with E-state index in [-0.39, 0.29) is 6.04 Å². The van der Waals surface area contributed by atoms with Gasteiger partial charge in [-0.15, -0.1) is 0 Å². The lowest BCUT2D eigenvalue weighted by Crippen LogP contribution is -2.21. The van der Waals surface area contributed by atoms with E-state index in [0.717, 1.165) is 22.9 Å². The fourth-order valence-corrected chi connectivity index (χ4v) is 2.44. The standard InChI is InChI=1S/C17H19F2NO/c1-11-7-8-16(21-3)12(9-11)10-15(20-2)13-5-4-6-14(18)17(13)19/h4-9,15,20H,10H2,1-3H3. The molecule has 2 aromatic carbocycles. The molecule has 0 heterocycles. The Morgan fingerprint density at radius 2 is 1.95 bits per heavy atom. The molecule has 0 saturated heterocycles. The molecule has 1 atom stereocenters. The maximum Gasteiger partial charge on any atom is 0.163 e. The number of halogens is 2. The minimum atomic E-state index is -0.830. The Morgan fingerprint density at radius 3 is 2.62 bits per heavy atom. The molecule has 0 fully saturated rings. The average Bonchev–Trinajstić information content (AvgIpc) is 2.48. The van der Waals surface area contributed by atoms with Crippen molar-refractivity contribution < 1.29 is 13.5 Å². The first-order valence-electron chi connectivity index (χ1n) is 6.81. The summed E-state index contributed by atoms with van der Waals surface area (Å²) in [6.07, 6.45) is 0.516. The van der Waals surface area contributed by atoms with E-state index in [2.05, 4.69) is 5.32 Å². The molecule has 0 saturated carbocycles. The second-order valence-corrected chi connectivity index (χ2v) is 5.00. The van der Waals surface area contributed by atoms with E-state index in [4.69, 9.17) is 4.74 Å². The monoisotopic (exact) mass is 291 g/mol. The van der Waals surface area contributed by atoms with Crippen LogP contribution in [0.4, 0.5) is 8.78 Å². The third-order valence-electron chi connectivity index (χ3n) is 3.57. The van der Waals surface area contributed by atoms with E-state index >= 15 is 0 Å². The van der Waals surface area contributed by atoms with E-state index < -0.39 is 11.6 Å². The summed E-state index contributed by atoms with van der Waals surface area (Å²) in [6.45, 7) is 1.99. The highest BCUT2D eigenvalue weighted by molar-refractivity contribution is 5.38. The summed E-state index contributed by atoms with van der Waals surface area (Å²) >= 11 is 0. The SMILES string of the molecule is CNC(Cc1cc(C)ccc1OC)c1cccc(F)c1F. The van der Waals surface area contributed by atoms with Crippen molar-refractivity contribution in [1.29, 1.82) is 0 Å². The fourth-order valence-electron chi connectivity index (χ4n) is 2.44. The van der Waals surface area contributed by atoms with Crippen molar-refractivity contribution in [3.05, 3.63) is 64.7 Å². The number of methoxy groups -OCH3 is 1. The van der Waals surface area contributed by atoms with Crippen LogP contribution in [0.25, 0.3) is 0 Å². The summed E-state index contributed by atoms with van der Waals surface area (Å²) in [5, 5.41) is 3.04. The van der Waals surface area contributed by atoms with Gasteiger partial charge >= 0.3 is 0 Å². The van der Waals surface area contributed by atoms with Crippen LogP contribution < -0.4 is 10.1 Å². The molecular weight excluding hydrogens is 272 g/mol. The number of hydrogen-bond donors (Lipinski definition) is 1. The molecule has 0 radical (unpaired) electrons. The zero-order valence-corrected chi connectivity index (χ0v) is 12.4. The van der Waals surface area contributed by atoms with E-state index in [0.29, 0.717) is 12.0 Å². The van der Waals surface area contributed by atoms with Gasteiger partial charge in [0.05, 0.1) is 7.11 Å². The van der Waals surface area contributed by atoms with Crippen LogP contribution in [-0.4, -0.2) is 14.2 Å². The zero-order valence-electron chi connectivity index (χ0n) is 12.4. The number of hydrogen-bond acceptors (Lipinski definition) is 2. The van der Waals surface area contributed by atoms with Gasteiger partial charge in [0, 0.05) is 11.6 Å². The lowest BCUT2D eigenvalue weighted by atomic mass is 9.96. The summed E-state index contributed by atoms with van der Waals surface area (Å²) in [5.74, 6) is -0.884. The molecular formula is C17H19F2NO. The van der Waals surface area contributed by atoms with Crippen LogP contribution in [0.2, 0.25) is 0 Å². The van der Waals surface area contributed by atoms with Crippen molar-refractivity contribution in [2.75, 3.05) is 14.2 Å². The first-order valence-corrected chi connectivity index (χ1v) is 6.81. The average molecular weight is 291 g/mol. The van der Waals surface area contributed by atoms with E-state index in [1.165, 1.54) is 6.07 Å². The van der Waals surface area contributed by atoms with Gasteiger partial charge in [-0.25, -0.2) is 8.78 Å². The first kappa shape index (κ1) is 15.4. The van der Waals surface area contributed by atoms with Crippen molar-refractivity contribution in [2.24, 2.45) is 0 Å². The number of rotatable bonds is 5. The van der Waals surface area contributed by atoms with E-state index in [9.17, 15) is 8.78 Å². The number of ether oxygens (including phenoxy) is 1. The lowest BCUT2D eigenvalue weighted by molar-refractivity contribution is 0.405. The Morgan fingerprint density at radius 1 is 1.19 bits per heavy atom. The molecule has 4 heteroatoms. The Balaban J connectivity index is 2.35. The fraction of sp³-hybridized carbons (Fsp3) is 0.294. The van der Waals surface area contributed by atoms with Gasteiger partial charge in [-0.3, -0.25) is 0 Å². The van der Waals surface area contributed by atoms with Crippen molar-refractivity contribution in [1.82, 2.24) is 5.32 Å². The predicted molar refractivity (Wildman–Crippen MR) is 79.6 cm³/mol. The molecule has 0 spiro atoms. The summed E-state index contributed by atoms with van der Waals surface area (Å²) in [4.78, 5) is 0. The Kier molecular flexibility index (Phi) is 4.91. The number of benzene rings is 2. The summed E-state index contributed by atoms with van der Waals surface area (Å²) in [5.41, 5.74) is 2.38. The molecule has 21 heavy (non-hydrogen) atoms. The third kappa shape index (κ3) is 3.39. The van der Waals surface area contributed by atoms with Gasteiger partial charge in [0.1, 0.15) is 5.75 Å². The summed E-state index contributed by atoms with van der Waals surface area (Å²) < 4.78 is 32.7. The van der Waals surface area contributed by atoms with Crippen LogP contribution in [0.5, 0.6) is 5.75 Å². The molecule has 0 aliphatic heterocycles. The second-order valence-electron chi connectivity index (χ2n) is 5.00. The third-order valence-corrected chi connectivity index (χ3v) is 3.57. The van der Waals surface area contributed by atoms with E-state index in [1.54, 1.807) is 20.2 Å². The number of aryl methyl sites for hydroxylation is 1. The highest BCUT2D eigenvalue weighted by Crippen LogP contribution is 2.27. The zero-order chi connectivity index (χ0) is 15.4. The van der Waals surface area contributed by atoms with Crippen molar-refractivity contribution >= 4 is 0 Å². The van der Waals surface area contributed by atoms with Crippen LogP contribution in [-0.2, 0) is 6.42 Å². The van der Waals surface area contributed by atoms with Gasteiger partial charge in [-0.05, 0) is 38.1 Å². The van der Waals surface area contributed by atoms with Gasteiger partial charge in [-0.2, -0.15) is 0 Å². The maximum atomic E-state index is 14.0.